The lowest BCUT2D eigenvalue weighted by molar-refractivity contribution is 0.0636. The zero-order valence-corrected chi connectivity index (χ0v) is 19.8. The summed E-state index contributed by atoms with van der Waals surface area (Å²) in [6, 6.07) is 20.3. The molecule has 0 saturated carbocycles. The van der Waals surface area contributed by atoms with Crippen molar-refractivity contribution in [3.05, 3.63) is 111 Å². The topological polar surface area (TPSA) is 62.3 Å². The summed E-state index contributed by atoms with van der Waals surface area (Å²) in [7, 11) is 1.49. The Kier molecular flexibility index (Phi) is 6.62. The molecule has 34 heavy (non-hydrogen) atoms. The zero-order valence-electron chi connectivity index (χ0n) is 19.0. The van der Waals surface area contributed by atoms with E-state index in [0.29, 0.717) is 16.1 Å². The molecule has 1 aromatic heterocycles. The van der Waals surface area contributed by atoms with E-state index in [4.69, 9.17) is 11.6 Å². The first kappa shape index (κ1) is 23.0. The minimum absolute atomic E-state index is 0.335. The lowest BCUT2D eigenvalue weighted by Crippen LogP contribution is -2.43. The summed E-state index contributed by atoms with van der Waals surface area (Å²) in [5.41, 5.74) is 7.45. The zero-order chi connectivity index (χ0) is 24.2. The maximum atomic E-state index is 12.8. The second-order valence-electron chi connectivity index (χ2n) is 7.93. The summed E-state index contributed by atoms with van der Waals surface area (Å²) in [5, 5.41) is 2.49. The summed E-state index contributed by atoms with van der Waals surface area (Å²) < 4.78 is 0. The molecule has 0 radical (unpaired) electrons. The maximum absolute atomic E-state index is 12.8. The third kappa shape index (κ3) is 4.93. The molecule has 168 valence electrons. The summed E-state index contributed by atoms with van der Waals surface area (Å²) in [6.45, 7) is 3.73. The van der Waals surface area contributed by atoms with Gasteiger partial charge in [0.05, 0.1) is 16.1 Å². The molecule has 5 nitrogen and oxygen atoms in total. The first-order chi connectivity index (χ1) is 16.3. The SMILES string of the molecule is Cc1ccc(C(=O)NN(C)C(=O)c2c(C)cccc2Cl)cc1C#Cc1cnc2ccccc2c1. The Balaban J connectivity index is 1.54. The number of benzene rings is 3. The van der Waals surface area contributed by atoms with Crippen molar-refractivity contribution in [2.45, 2.75) is 13.8 Å². The van der Waals surface area contributed by atoms with Crippen molar-refractivity contribution in [3.8, 4) is 11.8 Å². The van der Waals surface area contributed by atoms with Crippen molar-refractivity contribution in [2.24, 2.45) is 0 Å². The number of pyridine rings is 1. The molecule has 0 bridgehead atoms. The molecule has 4 rings (SSSR count). The number of hydrazine groups is 1. The van der Waals surface area contributed by atoms with E-state index in [2.05, 4.69) is 22.3 Å². The highest BCUT2D eigenvalue weighted by Gasteiger charge is 2.19. The van der Waals surface area contributed by atoms with Crippen LogP contribution in [0.3, 0.4) is 0 Å². The summed E-state index contributed by atoms with van der Waals surface area (Å²) in [5.74, 6) is 5.45. The van der Waals surface area contributed by atoms with Gasteiger partial charge in [0, 0.05) is 35.3 Å². The van der Waals surface area contributed by atoms with E-state index in [1.807, 2.05) is 43.3 Å². The van der Waals surface area contributed by atoms with Gasteiger partial charge in [0.2, 0.25) is 0 Å². The third-order valence-electron chi connectivity index (χ3n) is 5.44. The van der Waals surface area contributed by atoms with Gasteiger partial charge >= 0.3 is 0 Å². The highest BCUT2D eigenvalue weighted by molar-refractivity contribution is 6.34. The second-order valence-corrected chi connectivity index (χ2v) is 8.34. The molecule has 2 amide bonds. The van der Waals surface area contributed by atoms with E-state index < -0.39 is 11.8 Å². The number of hydrogen-bond donors (Lipinski definition) is 1. The van der Waals surface area contributed by atoms with Crippen LogP contribution in [0.2, 0.25) is 5.02 Å². The largest absolute Gasteiger partial charge is 0.273 e. The normalized spacial score (nSPS) is 10.4. The molecular weight excluding hydrogens is 446 g/mol. The van der Waals surface area contributed by atoms with Gasteiger partial charge in [-0.05, 0) is 55.3 Å². The number of halogens is 1. The van der Waals surface area contributed by atoms with Crippen LogP contribution in [0.1, 0.15) is 43.0 Å². The Bertz CT molecular complexity index is 1460. The summed E-state index contributed by atoms with van der Waals surface area (Å²) >= 11 is 6.20. The van der Waals surface area contributed by atoms with Gasteiger partial charge < -0.3 is 0 Å². The lowest BCUT2D eigenvalue weighted by Gasteiger charge is -2.20. The van der Waals surface area contributed by atoms with Crippen molar-refractivity contribution < 1.29 is 9.59 Å². The number of hydrogen-bond acceptors (Lipinski definition) is 3. The van der Waals surface area contributed by atoms with Gasteiger partial charge in [-0.1, -0.05) is 59.8 Å². The number of fused-ring (bicyclic) bond motifs is 1. The molecule has 3 aromatic carbocycles. The minimum atomic E-state index is -0.420. The molecule has 4 aromatic rings. The highest BCUT2D eigenvalue weighted by atomic mass is 35.5. The molecule has 0 aliphatic rings. The number of rotatable bonds is 2. The Morgan fingerprint density at radius 1 is 0.941 bits per heavy atom. The number of amides is 2. The molecule has 0 spiro atoms. The Morgan fingerprint density at radius 2 is 1.74 bits per heavy atom. The molecule has 1 N–H and O–H groups in total. The minimum Gasteiger partial charge on any atom is -0.267 e. The van der Waals surface area contributed by atoms with E-state index in [1.54, 1.807) is 43.5 Å². The van der Waals surface area contributed by atoms with E-state index in [-0.39, 0.29) is 0 Å². The predicted octanol–water partition coefficient (Wildman–Crippen LogP) is 5.32. The molecule has 0 aliphatic carbocycles. The van der Waals surface area contributed by atoms with Crippen molar-refractivity contribution >= 4 is 34.3 Å². The highest BCUT2D eigenvalue weighted by Crippen LogP contribution is 2.21. The predicted molar refractivity (Wildman–Crippen MR) is 135 cm³/mol. The molecule has 6 heteroatoms. The van der Waals surface area contributed by atoms with Crippen molar-refractivity contribution in [1.29, 1.82) is 0 Å². The quantitative estimate of drug-likeness (QED) is 0.320. The number of aromatic nitrogens is 1. The van der Waals surface area contributed by atoms with Gasteiger partial charge in [0.25, 0.3) is 11.8 Å². The van der Waals surface area contributed by atoms with E-state index in [1.165, 1.54) is 7.05 Å². The van der Waals surface area contributed by atoms with Crippen LogP contribution in [0.5, 0.6) is 0 Å². The third-order valence-corrected chi connectivity index (χ3v) is 5.76. The molecule has 0 unspecified atom stereocenters. The number of nitrogens with zero attached hydrogens (tertiary/aromatic N) is 2. The first-order valence-corrected chi connectivity index (χ1v) is 11.0. The van der Waals surface area contributed by atoms with Crippen LogP contribution in [0.4, 0.5) is 0 Å². The van der Waals surface area contributed by atoms with Gasteiger partial charge in [0.1, 0.15) is 0 Å². The Labute approximate surface area is 203 Å². The fraction of sp³-hybridized carbons (Fsp3) is 0.107. The van der Waals surface area contributed by atoms with Gasteiger partial charge in [-0.3, -0.25) is 25.0 Å². The maximum Gasteiger partial charge on any atom is 0.273 e. The molecular formula is C28H22ClN3O2. The number of carbonyl (C=O) groups excluding carboxylic acids is 2. The van der Waals surface area contributed by atoms with Gasteiger partial charge in [-0.2, -0.15) is 0 Å². The number of carbonyl (C=O) groups is 2. The van der Waals surface area contributed by atoms with Crippen molar-refractivity contribution in [1.82, 2.24) is 15.4 Å². The van der Waals surface area contributed by atoms with Gasteiger partial charge in [0.15, 0.2) is 0 Å². The average molecular weight is 468 g/mol. The summed E-state index contributed by atoms with van der Waals surface area (Å²) in [6.07, 6.45) is 1.73. The monoisotopic (exact) mass is 467 g/mol. The molecule has 0 saturated heterocycles. The smallest absolute Gasteiger partial charge is 0.267 e. The summed E-state index contributed by atoms with van der Waals surface area (Å²) in [4.78, 5) is 30.1. The van der Waals surface area contributed by atoms with Gasteiger partial charge in [-0.25, -0.2) is 0 Å². The Morgan fingerprint density at radius 3 is 2.53 bits per heavy atom. The van der Waals surface area contributed by atoms with Crippen molar-refractivity contribution in [2.75, 3.05) is 7.05 Å². The van der Waals surface area contributed by atoms with E-state index in [0.717, 1.165) is 38.2 Å². The van der Waals surface area contributed by atoms with Crippen molar-refractivity contribution in [3.63, 3.8) is 0 Å². The van der Waals surface area contributed by atoms with Crippen LogP contribution >= 0.6 is 11.6 Å². The average Bonchev–Trinajstić information content (AvgIpc) is 2.83. The van der Waals surface area contributed by atoms with Crippen LogP contribution in [0.25, 0.3) is 10.9 Å². The number of aryl methyl sites for hydroxylation is 2. The molecule has 1 heterocycles. The van der Waals surface area contributed by atoms with E-state index >= 15 is 0 Å². The molecule has 0 fully saturated rings. The van der Waals surface area contributed by atoms with E-state index in [9.17, 15) is 9.59 Å². The van der Waals surface area contributed by atoms with Crippen LogP contribution in [-0.2, 0) is 0 Å². The van der Waals surface area contributed by atoms with Crippen LogP contribution in [0, 0.1) is 25.7 Å². The number of para-hydroxylation sites is 1. The Hall–Kier alpha value is -4.14. The fourth-order valence-corrected chi connectivity index (χ4v) is 3.82. The van der Waals surface area contributed by atoms with Crippen LogP contribution < -0.4 is 5.43 Å². The number of nitrogens with one attached hydrogen (secondary N) is 1. The fourth-order valence-electron chi connectivity index (χ4n) is 3.51. The first-order valence-electron chi connectivity index (χ1n) is 10.6. The lowest BCUT2D eigenvalue weighted by atomic mass is 10.0. The molecule has 0 aliphatic heterocycles. The standard InChI is InChI=1S/C28H22ClN3O2/c1-18-11-13-23(27(33)31-32(3)28(34)26-19(2)7-6-9-24(26)29)16-21(18)14-12-20-15-22-8-4-5-10-25(22)30-17-20/h4-11,13,15-17H,1-3H3,(H,31,33). The second kappa shape index (κ2) is 9.78. The van der Waals surface area contributed by atoms with Crippen LogP contribution in [-0.4, -0.2) is 28.9 Å². The molecule has 0 atom stereocenters. The van der Waals surface area contributed by atoms with Crippen LogP contribution in [0.15, 0.2) is 72.9 Å². The van der Waals surface area contributed by atoms with Gasteiger partial charge in [-0.15, -0.1) is 0 Å².